The molecule has 13 heavy (non-hydrogen) atoms. The van der Waals surface area contributed by atoms with E-state index < -0.39 is 6.29 Å². The number of aliphatic hydroxyl groups is 2. The number of benzene rings is 1. The van der Waals surface area contributed by atoms with Crippen molar-refractivity contribution < 1.29 is 10.2 Å². The van der Waals surface area contributed by atoms with Crippen LogP contribution in [0.15, 0.2) is 30.3 Å². The molecule has 0 saturated carbocycles. The van der Waals surface area contributed by atoms with Gasteiger partial charge in [0, 0.05) is 5.92 Å². The van der Waals surface area contributed by atoms with Gasteiger partial charge >= 0.3 is 0 Å². The standard InChI is InChI=1S/C11H16O2/c1-2-6-10(11(12)13)9-7-4-3-5-8-9/h3-5,7-8,10-13H,2,6H2,1H3. The van der Waals surface area contributed by atoms with Crippen LogP contribution in [0.1, 0.15) is 31.2 Å². The first-order valence-electron chi connectivity index (χ1n) is 4.66. The predicted octanol–water partition coefficient (Wildman–Crippen LogP) is 1.88. The molecule has 0 aromatic heterocycles. The van der Waals surface area contributed by atoms with E-state index in [0.29, 0.717) is 0 Å². The molecule has 0 fully saturated rings. The van der Waals surface area contributed by atoms with Crippen LogP contribution >= 0.6 is 0 Å². The van der Waals surface area contributed by atoms with Crippen molar-refractivity contribution in [3.8, 4) is 0 Å². The Labute approximate surface area is 78.8 Å². The molecule has 0 aliphatic rings. The van der Waals surface area contributed by atoms with Crippen LogP contribution in [0.2, 0.25) is 0 Å². The molecule has 1 aromatic carbocycles. The fraction of sp³-hybridized carbons (Fsp3) is 0.455. The van der Waals surface area contributed by atoms with Gasteiger partial charge in [-0.2, -0.15) is 0 Å². The van der Waals surface area contributed by atoms with Crippen molar-refractivity contribution in [2.24, 2.45) is 0 Å². The largest absolute Gasteiger partial charge is 0.368 e. The second kappa shape index (κ2) is 5.00. The third kappa shape index (κ3) is 2.83. The van der Waals surface area contributed by atoms with Crippen LogP contribution in [0.5, 0.6) is 0 Å². The lowest BCUT2D eigenvalue weighted by Gasteiger charge is -2.18. The number of rotatable bonds is 4. The molecule has 1 unspecified atom stereocenters. The van der Waals surface area contributed by atoms with Gasteiger partial charge in [0.05, 0.1) is 0 Å². The molecule has 1 rings (SSSR count). The molecule has 2 nitrogen and oxygen atoms in total. The molecule has 0 spiro atoms. The van der Waals surface area contributed by atoms with Crippen molar-refractivity contribution in [1.29, 1.82) is 0 Å². The van der Waals surface area contributed by atoms with Gasteiger partial charge in [0.1, 0.15) is 0 Å². The first-order valence-corrected chi connectivity index (χ1v) is 4.66. The molecular weight excluding hydrogens is 164 g/mol. The lowest BCUT2D eigenvalue weighted by Crippen LogP contribution is -2.17. The van der Waals surface area contributed by atoms with E-state index in [1.807, 2.05) is 37.3 Å². The van der Waals surface area contributed by atoms with E-state index in [1.54, 1.807) is 0 Å². The van der Waals surface area contributed by atoms with Crippen LogP contribution in [-0.2, 0) is 0 Å². The summed E-state index contributed by atoms with van der Waals surface area (Å²) in [6.07, 6.45) is 0.515. The minimum atomic E-state index is -1.25. The van der Waals surface area contributed by atoms with Crippen LogP contribution in [0.3, 0.4) is 0 Å². The molecule has 0 heterocycles. The summed E-state index contributed by atoms with van der Waals surface area (Å²) in [6.45, 7) is 2.04. The van der Waals surface area contributed by atoms with Gasteiger partial charge in [-0.05, 0) is 12.0 Å². The summed E-state index contributed by atoms with van der Waals surface area (Å²) in [4.78, 5) is 0. The van der Waals surface area contributed by atoms with Gasteiger partial charge in [-0.15, -0.1) is 0 Å². The van der Waals surface area contributed by atoms with Crippen LogP contribution in [0.25, 0.3) is 0 Å². The second-order valence-corrected chi connectivity index (χ2v) is 3.22. The lowest BCUT2D eigenvalue weighted by molar-refractivity contribution is -0.0621. The maximum atomic E-state index is 9.15. The Hall–Kier alpha value is -0.860. The number of hydrogen-bond donors (Lipinski definition) is 2. The Morgan fingerprint density at radius 1 is 1.15 bits per heavy atom. The fourth-order valence-electron chi connectivity index (χ4n) is 1.50. The fourth-order valence-corrected chi connectivity index (χ4v) is 1.50. The molecule has 0 aliphatic carbocycles. The van der Waals surface area contributed by atoms with Crippen molar-refractivity contribution in [3.05, 3.63) is 35.9 Å². The Morgan fingerprint density at radius 3 is 2.23 bits per heavy atom. The molecule has 2 N–H and O–H groups in total. The summed E-state index contributed by atoms with van der Waals surface area (Å²) in [7, 11) is 0. The van der Waals surface area contributed by atoms with Gasteiger partial charge in [-0.25, -0.2) is 0 Å². The normalized spacial score (nSPS) is 13.2. The van der Waals surface area contributed by atoms with Gasteiger partial charge in [0.15, 0.2) is 6.29 Å². The Bertz CT molecular complexity index is 231. The van der Waals surface area contributed by atoms with Crippen LogP contribution in [-0.4, -0.2) is 16.5 Å². The summed E-state index contributed by atoms with van der Waals surface area (Å²) >= 11 is 0. The van der Waals surface area contributed by atoms with E-state index in [0.717, 1.165) is 18.4 Å². The predicted molar refractivity (Wildman–Crippen MR) is 52.3 cm³/mol. The third-order valence-electron chi connectivity index (χ3n) is 2.19. The highest BCUT2D eigenvalue weighted by Gasteiger charge is 2.16. The van der Waals surface area contributed by atoms with E-state index in [4.69, 9.17) is 10.2 Å². The quantitative estimate of drug-likeness (QED) is 0.694. The summed E-state index contributed by atoms with van der Waals surface area (Å²) in [6, 6.07) is 9.62. The van der Waals surface area contributed by atoms with Gasteiger partial charge in [-0.3, -0.25) is 0 Å². The molecule has 0 saturated heterocycles. The second-order valence-electron chi connectivity index (χ2n) is 3.22. The van der Waals surface area contributed by atoms with Crippen LogP contribution in [0, 0.1) is 0 Å². The van der Waals surface area contributed by atoms with Crippen molar-refractivity contribution in [2.45, 2.75) is 32.0 Å². The van der Waals surface area contributed by atoms with Gasteiger partial charge in [-0.1, -0.05) is 43.7 Å². The van der Waals surface area contributed by atoms with Crippen LogP contribution in [0.4, 0.5) is 0 Å². The third-order valence-corrected chi connectivity index (χ3v) is 2.19. The van der Waals surface area contributed by atoms with E-state index in [1.165, 1.54) is 0 Å². The average Bonchev–Trinajstić information content (AvgIpc) is 2.15. The van der Waals surface area contributed by atoms with E-state index in [2.05, 4.69) is 0 Å². The SMILES string of the molecule is CCCC(c1ccccc1)C(O)O. The average molecular weight is 180 g/mol. The first kappa shape index (κ1) is 10.2. The smallest absolute Gasteiger partial charge is 0.158 e. The maximum absolute atomic E-state index is 9.15. The summed E-state index contributed by atoms with van der Waals surface area (Å²) in [5.74, 6) is -0.147. The van der Waals surface area contributed by atoms with Crippen LogP contribution < -0.4 is 0 Å². The molecule has 0 bridgehead atoms. The Kier molecular flexibility index (Phi) is 3.93. The van der Waals surface area contributed by atoms with Gasteiger partial charge < -0.3 is 10.2 Å². The van der Waals surface area contributed by atoms with E-state index >= 15 is 0 Å². The topological polar surface area (TPSA) is 40.5 Å². The zero-order valence-corrected chi connectivity index (χ0v) is 7.85. The first-order chi connectivity index (χ1) is 6.25. The minimum Gasteiger partial charge on any atom is -0.368 e. The molecule has 0 aliphatic heterocycles. The molecule has 0 radical (unpaired) electrons. The molecule has 2 heteroatoms. The molecular formula is C11H16O2. The van der Waals surface area contributed by atoms with Crippen molar-refractivity contribution in [1.82, 2.24) is 0 Å². The van der Waals surface area contributed by atoms with Crippen molar-refractivity contribution in [2.75, 3.05) is 0 Å². The van der Waals surface area contributed by atoms with E-state index in [-0.39, 0.29) is 5.92 Å². The van der Waals surface area contributed by atoms with Crippen molar-refractivity contribution in [3.63, 3.8) is 0 Å². The maximum Gasteiger partial charge on any atom is 0.158 e. The van der Waals surface area contributed by atoms with Crippen molar-refractivity contribution >= 4 is 0 Å². The monoisotopic (exact) mass is 180 g/mol. The highest BCUT2D eigenvalue weighted by atomic mass is 16.5. The number of aliphatic hydroxyl groups excluding tert-OH is 1. The lowest BCUT2D eigenvalue weighted by atomic mass is 9.94. The molecule has 1 atom stereocenters. The zero-order chi connectivity index (χ0) is 9.68. The molecule has 72 valence electrons. The van der Waals surface area contributed by atoms with Gasteiger partial charge in [0.2, 0.25) is 0 Å². The number of hydrogen-bond acceptors (Lipinski definition) is 2. The summed E-state index contributed by atoms with van der Waals surface area (Å²) < 4.78 is 0. The zero-order valence-electron chi connectivity index (χ0n) is 7.85. The summed E-state index contributed by atoms with van der Waals surface area (Å²) in [5.41, 5.74) is 0.999. The van der Waals surface area contributed by atoms with E-state index in [9.17, 15) is 0 Å². The Balaban J connectivity index is 2.76. The summed E-state index contributed by atoms with van der Waals surface area (Å²) in [5, 5.41) is 18.3. The molecule has 1 aromatic rings. The highest BCUT2D eigenvalue weighted by Crippen LogP contribution is 2.23. The Morgan fingerprint density at radius 2 is 1.77 bits per heavy atom. The minimum absolute atomic E-state index is 0.147. The molecule has 0 amide bonds. The van der Waals surface area contributed by atoms with Gasteiger partial charge in [0.25, 0.3) is 0 Å². The highest BCUT2D eigenvalue weighted by molar-refractivity contribution is 5.19.